The molecule has 0 aliphatic heterocycles. The third-order valence-corrected chi connectivity index (χ3v) is 5.92. The summed E-state index contributed by atoms with van der Waals surface area (Å²) in [6.45, 7) is 2.42. The van der Waals surface area contributed by atoms with Crippen molar-refractivity contribution in [3.63, 3.8) is 0 Å². The summed E-state index contributed by atoms with van der Waals surface area (Å²) in [5, 5.41) is 12.4. The molecule has 0 spiro atoms. The molecular formula is C28H24F3NO6. The molecule has 0 radical (unpaired) electrons. The van der Waals surface area contributed by atoms with Gasteiger partial charge in [-0.2, -0.15) is 13.2 Å². The van der Waals surface area contributed by atoms with Crippen molar-refractivity contribution in [3.05, 3.63) is 93.8 Å². The zero-order valence-corrected chi connectivity index (χ0v) is 20.5. The highest BCUT2D eigenvalue weighted by Crippen LogP contribution is 2.36. The molecule has 0 aliphatic carbocycles. The molecule has 7 nitrogen and oxygen atoms in total. The van der Waals surface area contributed by atoms with Gasteiger partial charge in [-0.05, 0) is 66.1 Å². The fourth-order valence-corrected chi connectivity index (χ4v) is 3.93. The van der Waals surface area contributed by atoms with Crippen LogP contribution in [-0.2, 0) is 6.18 Å². The number of carbonyl (C=O) groups is 1. The predicted octanol–water partition coefficient (Wildman–Crippen LogP) is 5.92. The van der Waals surface area contributed by atoms with Gasteiger partial charge in [0, 0.05) is 18.7 Å². The van der Waals surface area contributed by atoms with Crippen molar-refractivity contribution in [1.29, 1.82) is 0 Å². The van der Waals surface area contributed by atoms with Gasteiger partial charge in [-0.1, -0.05) is 18.2 Å². The Labute approximate surface area is 215 Å². The molecule has 1 heterocycles. The van der Waals surface area contributed by atoms with Crippen molar-refractivity contribution in [3.8, 4) is 22.6 Å². The van der Waals surface area contributed by atoms with E-state index in [4.69, 9.17) is 19.0 Å². The van der Waals surface area contributed by atoms with E-state index in [2.05, 4.69) is 5.32 Å². The molecule has 0 saturated heterocycles. The summed E-state index contributed by atoms with van der Waals surface area (Å²) < 4.78 is 57.0. The highest BCUT2D eigenvalue weighted by molar-refractivity contribution is 5.89. The molecular weight excluding hydrogens is 503 g/mol. The first-order valence-corrected chi connectivity index (χ1v) is 11.6. The smallest absolute Gasteiger partial charge is 0.416 e. The summed E-state index contributed by atoms with van der Waals surface area (Å²) in [7, 11) is 1.58. The van der Waals surface area contributed by atoms with E-state index >= 15 is 0 Å². The van der Waals surface area contributed by atoms with E-state index in [-0.39, 0.29) is 34.9 Å². The second-order valence-electron chi connectivity index (χ2n) is 8.54. The molecule has 1 aromatic heterocycles. The van der Waals surface area contributed by atoms with Gasteiger partial charge in [0.2, 0.25) is 5.76 Å². The summed E-state index contributed by atoms with van der Waals surface area (Å²) in [5.41, 5.74) is -0.0359. The lowest BCUT2D eigenvalue weighted by molar-refractivity contribution is -0.137. The van der Waals surface area contributed by atoms with Crippen LogP contribution >= 0.6 is 0 Å². The molecule has 4 rings (SSSR count). The first kappa shape index (κ1) is 26.7. The molecule has 0 bridgehead atoms. The number of alkyl halides is 3. The molecule has 0 amide bonds. The van der Waals surface area contributed by atoms with E-state index in [1.165, 1.54) is 24.3 Å². The maximum atomic E-state index is 13.6. The maximum absolute atomic E-state index is 13.6. The lowest BCUT2D eigenvalue weighted by Crippen LogP contribution is -2.24. The quantitative estimate of drug-likeness (QED) is 0.261. The largest absolute Gasteiger partial charge is 0.497 e. The first-order chi connectivity index (χ1) is 18.0. The number of halogens is 3. The molecule has 198 valence electrons. The van der Waals surface area contributed by atoms with E-state index < -0.39 is 28.9 Å². The number of fused-ring (bicyclic) bond motifs is 1. The predicted molar refractivity (Wildman–Crippen MR) is 135 cm³/mol. The van der Waals surface area contributed by atoms with Gasteiger partial charge in [-0.15, -0.1) is 0 Å². The van der Waals surface area contributed by atoms with Gasteiger partial charge in [-0.3, -0.25) is 4.79 Å². The zero-order chi connectivity index (χ0) is 27.4. The minimum atomic E-state index is -4.63. The van der Waals surface area contributed by atoms with Crippen molar-refractivity contribution in [2.24, 2.45) is 0 Å². The molecule has 0 unspecified atom stereocenters. The van der Waals surface area contributed by atoms with Gasteiger partial charge in [0.05, 0.1) is 18.1 Å². The van der Waals surface area contributed by atoms with Crippen LogP contribution in [0.15, 0.2) is 75.9 Å². The van der Waals surface area contributed by atoms with Gasteiger partial charge in [0.1, 0.15) is 23.7 Å². The highest BCUT2D eigenvalue weighted by Gasteiger charge is 2.31. The van der Waals surface area contributed by atoms with Crippen molar-refractivity contribution in [2.45, 2.75) is 19.1 Å². The Hall–Kier alpha value is -4.31. The molecule has 0 aliphatic rings. The van der Waals surface area contributed by atoms with Gasteiger partial charge >= 0.3 is 12.1 Å². The number of benzene rings is 3. The minimum absolute atomic E-state index is 0.0123. The summed E-state index contributed by atoms with van der Waals surface area (Å²) >= 11 is 0. The molecule has 3 aromatic carbocycles. The number of rotatable bonds is 9. The van der Waals surface area contributed by atoms with Crippen molar-refractivity contribution in [2.75, 3.05) is 20.3 Å². The molecule has 10 heteroatoms. The Balaban J connectivity index is 1.55. The number of hydrogen-bond acceptors (Lipinski definition) is 6. The van der Waals surface area contributed by atoms with Gasteiger partial charge in [0.25, 0.3) is 0 Å². The second-order valence-corrected chi connectivity index (χ2v) is 8.54. The van der Waals surface area contributed by atoms with Crippen LogP contribution in [0.1, 0.15) is 34.6 Å². The summed E-state index contributed by atoms with van der Waals surface area (Å²) in [6, 6.07) is 15.8. The van der Waals surface area contributed by atoms with Crippen molar-refractivity contribution >= 4 is 16.9 Å². The van der Waals surface area contributed by atoms with Crippen molar-refractivity contribution in [1.82, 2.24) is 5.32 Å². The number of methoxy groups -OCH3 is 1. The van der Waals surface area contributed by atoms with E-state index in [0.717, 1.165) is 29.5 Å². The molecule has 0 fully saturated rings. The van der Waals surface area contributed by atoms with Crippen LogP contribution in [0.5, 0.6) is 11.5 Å². The SMILES string of the molecule is COc1cccc([C@@H](C)NCCOc2cc(-c3ccc4oc(C(=O)O)cc(=O)c4c3)cc(C(F)(F)F)c2)c1. The van der Waals surface area contributed by atoms with Crippen LogP contribution in [0, 0.1) is 0 Å². The van der Waals surface area contributed by atoms with Gasteiger partial charge in [-0.25, -0.2) is 4.79 Å². The number of carboxylic acids is 1. The average Bonchev–Trinajstić information content (AvgIpc) is 2.90. The summed E-state index contributed by atoms with van der Waals surface area (Å²) in [5.74, 6) is -1.20. The minimum Gasteiger partial charge on any atom is -0.497 e. The lowest BCUT2D eigenvalue weighted by Gasteiger charge is -2.17. The van der Waals surface area contributed by atoms with E-state index in [0.29, 0.717) is 12.1 Å². The number of carboxylic acid groups (broad SMARTS) is 1. The summed E-state index contributed by atoms with van der Waals surface area (Å²) in [6.07, 6.45) is -4.63. The van der Waals surface area contributed by atoms with Crippen molar-refractivity contribution < 1.29 is 37.0 Å². The average molecular weight is 527 g/mol. The van der Waals surface area contributed by atoms with Crippen LogP contribution in [0.3, 0.4) is 0 Å². The van der Waals surface area contributed by atoms with E-state index in [1.54, 1.807) is 7.11 Å². The topological polar surface area (TPSA) is 98.0 Å². The third-order valence-electron chi connectivity index (χ3n) is 5.92. The molecule has 4 aromatic rings. The van der Waals surface area contributed by atoms with E-state index in [9.17, 15) is 22.8 Å². The second kappa shape index (κ2) is 11.0. The standard InChI is InChI=1S/C28H24F3NO6/c1-16(17-4-3-5-21(11-17)36-2)32-8-9-37-22-12-19(10-20(14-22)28(29,30)31)18-6-7-25-23(13-18)24(33)15-26(38-25)27(34)35/h3-7,10-16,32H,8-9H2,1-2H3,(H,34,35)/t16-/m1/s1. The molecule has 2 N–H and O–H groups in total. The van der Waals surface area contributed by atoms with Crippen LogP contribution < -0.4 is 20.2 Å². The van der Waals surface area contributed by atoms with Crippen LogP contribution in [0.2, 0.25) is 0 Å². The number of aromatic carboxylic acids is 1. The monoisotopic (exact) mass is 527 g/mol. The highest BCUT2D eigenvalue weighted by atomic mass is 19.4. The molecule has 38 heavy (non-hydrogen) atoms. The summed E-state index contributed by atoms with van der Waals surface area (Å²) in [4.78, 5) is 23.5. The van der Waals surface area contributed by atoms with Crippen LogP contribution in [-0.4, -0.2) is 31.3 Å². The van der Waals surface area contributed by atoms with Crippen LogP contribution in [0.4, 0.5) is 13.2 Å². The Morgan fingerprint density at radius 2 is 1.82 bits per heavy atom. The lowest BCUT2D eigenvalue weighted by atomic mass is 10.0. The normalized spacial score (nSPS) is 12.3. The number of hydrogen-bond donors (Lipinski definition) is 2. The number of nitrogens with one attached hydrogen (secondary N) is 1. The zero-order valence-electron chi connectivity index (χ0n) is 20.5. The number of ether oxygens (including phenoxy) is 2. The van der Waals surface area contributed by atoms with Gasteiger partial charge in [0.15, 0.2) is 5.43 Å². The van der Waals surface area contributed by atoms with Crippen LogP contribution in [0.25, 0.3) is 22.1 Å². The fourth-order valence-electron chi connectivity index (χ4n) is 3.93. The maximum Gasteiger partial charge on any atom is 0.416 e. The first-order valence-electron chi connectivity index (χ1n) is 11.6. The van der Waals surface area contributed by atoms with Gasteiger partial charge < -0.3 is 24.3 Å². The Kier molecular flexibility index (Phi) is 7.72. The fraction of sp³-hybridized carbons (Fsp3) is 0.214. The molecule has 0 saturated carbocycles. The Morgan fingerprint density at radius 3 is 2.53 bits per heavy atom. The Morgan fingerprint density at radius 1 is 1.03 bits per heavy atom. The Bertz CT molecular complexity index is 1530. The third kappa shape index (κ3) is 6.15. The molecule has 1 atom stereocenters. The van der Waals surface area contributed by atoms with E-state index in [1.807, 2.05) is 31.2 Å².